The van der Waals surface area contributed by atoms with E-state index in [4.69, 9.17) is 0 Å². The van der Waals surface area contributed by atoms with Gasteiger partial charge in [0, 0.05) is 32.6 Å². The van der Waals surface area contributed by atoms with Crippen molar-refractivity contribution in [2.45, 2.75) is 59.5 Å². The van der Waals surface area contributed by atoms with Crippen LogP contribution in [0.4, 0.5) is 0 Å². The van der Waals surface area contributed by atoms with Crippen molar-refractivity contribution >= 4 is 11.9 Å². The molecule has 25 heavy (non-hydrogen) atoms. The van der Waals surface area contributed by atoms with Gasteiger partial charge < -0.3 is 16.0 Å². The molecular weight excluding hydrogens is 312 g/mol. The highest BCUT2D eigenvalue weighted by atomic mass is 16.1. The lowest BCUT2D eigenvalue weighted by Gasteiger charge is -2.23. The second-order valence-electron chi connectivity index (χ2n) is 7.66. The fourth-order valence-corrected chi connectivity index (χ4v) is 2.33. The van der Waals surface area contributed by atoms with E-state index >= 15 is 0 Å². The summed E-state index contributed by atoms with van der Waals surface area (Å²) < 4.78 is 0. The second-order valence-corrected chi connectivity index (χ2v) is 7.66. The first kappa shape index (κ1) is 21.0. The van der Waals surface area contributed by atoms with Gasteiger partial charge in [-0.05, 0) is 30.7 Å². The fourth-order valence-electron chi connectivity index (χ4n) is 2.33. The van der Waals surface area contributed by atoms with Crippen molar-refractivity contribution in [3.8, 4) is 0 Å². The van der Waals surface area contributed by atoms with E-state index in [0.717, 1.165) is 24.4 Å². The third kappa shape index (κ3) is 10.4. The molecule has 0 aliphatic heterocycles. The summed E-state index contributed by atoms with van der Waals surface area (Å²) >= 11 is 0. The molecule has 3 N–H and O–H groups in total. The predicted molar refractivity (Wildman–Crippen MR) is 106 cm³/mol. The topological polar surface area (TPSA) is 65.5 Å². The minimum atomic E-state index is 0.0348. The number of nitrogens with zero attached hydrogens (tertiary/aromatic N) is 1. The highest BCUT2D eigenvalue weighted by Gasteiger charge is 2.13. The van der Waals surface area contributed by atoms with Crippen LogP contribution in [0.1, 0.15) is 52.5 Å². The Bertz CT molecular complexity index is 534. The number of hydrogen-bond acceptors (Lipinski definition) is 2. The Kier molecular flexibility index (Phi) is 9.03. The largest absolute Gasteiger partial charge is 0.356 e. The van der Waals surface area contributed by atoms with Crippen molar-refractivity contribution in [3.63, 3.8) is 0 Å². The summed E-state index contributed by atoms with van der Waals surface area (Å²) in [6.45, 7) is 10.0. The summed E-state index contributed by atoms with van der Waals surface area (Å²) in [7, 11) is 1.75. The molecule has 0 fully saturated rings. The van der Waals surface area contributed by atoms with E-state index in [2.05, 4.69) is 48.6 Å². The van der Waals surface area contributed by atoms with Crippen molar-refractivity contribution < 1.29 is 4.79 Å². The Morgan fingerprint density at radius 1 is 1.16 bits per heavy atom. The molecule has 0 heterocycles. The fraction of sp³-hybridized carbons (Fsp3) is 0.600. The number of carbonyl (C=O) groups excluding carboxylic acids is 1. The molecule has 0 spiro atoms. The second kappa shape index (κ2) is 10.7. The average molecular weight is 347 g/mol. The molecule has 1 unspecified atom stereocenters. The Morgan fingerprint density at radius 3 is 2.44 bits per heavy atom. The van der Waals surface area contributed by atoms with E-state index in [1.54, 1.807) is 7.05 Å². The van der Waals surface area contributed by atoms with Crippen molar-refractivity contribution in [1.82, 2.24) is 16.0 Å². The van der Waals surface area contributed by atoms with E-state index in [0.29, 0.717) is 31.0 Å². The van der Waals surface area contributed by atoms with Crippen LogP contribution in [-0.2, 0) is 11.3 Å². The first-order chi connectivity index (χ1) is 11.8. The van der Waals surface area contributed by atoms with Crippen LogP contribution >= 0.6 is 0 Å². The first-order valence-electron chi connectivity index (χ1n) is 9.08. The lowest BCUT2D eigenvalue weighted by molar-refractivity contribution is -0.121. The molecule has 1 rings (SSSR count). The van der Waals surface area contributed by atoms with Crippen LogP contribution in [0.2, 0.25) is 0 Å². The maximum atomic E-state index is 11.9. The van der Waals surface area contributed by atoms with Gasteiger partial charge in [0.15, 0.2) is 5.96 Å². The molecule has 1 aromatic carbocycles. The Balaban J connectivity index is 2.22. The first-order valence-corrected chi connectivity index (χ1v) is 9.08. The Hall–Kier alpha value is -2.04. The molecule has 1 aromatic rings. The molecule has 0 aromatic heterocycles. The van der Waals surface area contributed by atoms with Crippen molar-refractivity contribution in [3.05, 3.63) is 35.9 Å². The highest BCUT2D eigenvalue weighted by molar-refractivity contribution is 5.81. The summed E-state index contributed by atoms with van der Waals surface area (Å²) in [5.41, 5.74) is 1.44. The summed E-state index contributed by atoms with van der Waals surface area (Å²) in [5.74, 6) is 0.782. The molecule has 0 saturated heterocycles. The Labute approximate surface area is 152 Å². The third-order valence-corrected chi connectivity index (χ3v) is 3.91. The van der Waals surface area contributed by atoms with E-state index < -0.39 is 0 Å². The zero-order valence-corrected chi connectivity index (χ0v) is 16.4. The van der Waals surface area contributed by atoms with Crippen molar-refractivity contribution in [2.75, 3.05) is 13.6 Å². The number of aliphatic imine (C=N–C) groups is 1. The molecule has 0 bridgehead atoms. The van der Waals surface area contributed by atoms with Gasteiger partial charge in [-0.25, -0.2) is 0 Å². The number of carbonyl (C=O) groups is 1. The summed E-state index contributed by atoms with van der Waals surface area (Å²) in [4.78, 5) is 16.1. The van der Waals surface area contributed by atoms with Crippen LogP contribution in [0.3, 0.4) is 0 Å². The van der Waals surface area contributed by atoms with Gasteiger partial charge in [-0.15, -0.1) is 0 Å². The number of nitrogens with one attached hydrogen (secondary N) is 3. The molecule has 1 atom stereocenters. The summed E-state index contributed by atoms with van der Waals surface area (Å²) in [5, 5.41) is 9.51. The quantitative estimate of drug-likeness (QED) is 0.501. The van der Waals surface area contributed by atoms with Gasteiger partial charge in [-0.1, -0.05) is 51.1 Å². The molecule has 5 heteroatoms. The van der Waals surface area contributed by atoms with Crippen LogP contribution in [0, 0.1) is 5.41 Å². The molecular formula is C20H34N4O. The summed E-state index contributed by atoms with van der Waals surface area (Å²) in [6, 6.07) is 10.3. The lowest BCUT2D eigenvalue weighted by atomic mass is 9.89. The maximum absolute atomic E-state index is 11.9. The Morgan fingerprint density at radius 2 is 1.84 bits per heavy atom. The normalized spacial score (nSPS) is 13.2. The van der Waals surface area contributed by atoms with E-state index in [1.165, 1.54) is 0 Å². The van der Waals surface area contributed by atoms with Gasteiger partial charge in [0.2, 0.25) is 5.91 Å². The molecule has 140 valence electrons. The number of guanidine groups is 1. The van der Waals surface area contributed by atoms with Crippen molar-refractivity contribution in [1.29, 1.82) is 0 Å². The SMILES string of the molecule is CN=C(NCCC(=O)NCc1ccccc1)NC(C)CCC(C)(C)C. The highest BCUT2D eigenvalue weighted by Crippen LogP contribution is 2.21. The summed E-state index contributed by atoms with van der Waals surface area (Å²) in [6.07, 6.45) is 2.66. The standard InChI is InChI=1S/C20H34N4O/c1-16(11-13-20(2,3)4)24-19(21-5)22-14-12-18(25)23-15-17-9-7-6-8-10-17/h6-10,16H,11-15H2,1-5H3,(H,23,25)(H2,21,22,24). The van der Waals surface area contributed by atoms with Crippen LogP contribution in [0.15, 0.2) is 35.3 Å². The third-order valence-electron chi connectivity index (χ3n) is 3.91. The zero-order valence-electron chi connectivity index (χ0n) is 16.4. The smallest absolute Gasteiger partial charge is 0.222 e. The van der Waals surface area contributed by atoms with Crippen molar-refractivity contribution in [2.24, 2.45) is 10.4 Å². The van der Waals surface area contributed by atoms with Gasteiger partial charge >= 0.3 is 0 Å². The van der Waals surface area contributed by atoms with Gasteiger partial charge in [0.1, 0.15) is 0 Å². The minimum absolute atomic E-state index is 0.0348. The van der Waals surface area contributed by atoms with Gasteiger partial charge in [0.05, 0.1) is 0 Å². The molecule has 1 amide bonds. The molecule has 0 aliphatic rings. The zero-order chi connectivity index (χ0) is 18.7. The number of amides is 1. The molecule has 0 radical (unpaired) electrons. The van der Waals surface area contributed by atoms with E-state index in [1.807, 2.05) is 30.3 Å². The number of hydrogen-bond donors (Lipinski definition) is 3. The van der Waals surface area contributed by atoms with Gasteiger partial charge in [-0.3, -0.25) is 9.79 Å². The minimum Gasteiger partial charge on any atom is -0.356 e. The molecule has 0 saturated carbocycles. The lowest BCUT2D eigenvalue weighted by Crippen LogP contribution is -2.43. The molecule has 0 aliphatic carbocycles. The van der Waals surface area contributed by atoms with E-state index in [-0.39, 0.29) is 5.91 Å². The van der Waals surface area contributed by atoms with Crippen LogP contribution in [0.25, 0.3) is 0 Å². The predicted octanol–water partition coefficient (Wildman–Crippen LogP) is 3.07. The van der Waals surface area contributed by atoms with Crippen LogP contribution < -0.4 is 16.0 Å². The number of benzene rings is 1. The van der Waals surface area contributed by atoms with Crippen LogP contribution in [0.5, 0.6) is 0 Å². The average Bonchev–Trinajstić information content (AvgIpc) is 2.57. The van der Waals surface area contributed by atoms with Crippen LogP contribution in [-0.4, -0.2) is 31.5 Å². The number of rotatable bonds is 8. The molecule has 5 nitrogen and oxygen atoms in total. The van der Waals surface area contributed by atoms with Gasteiger partial charge in [0.25, 0.3) is 0 Å². The van der Waals surface area contributed by atoms with E-state index in [9.17, 15) is 4.79 Å². The maximum Gasteiger partial charge on any atom is 0.222 e. The van der Waals surface area contributed by atoms with Gasteiger partial charge in [-0.2, -0.15) is 0 Å². The monoisotopic (exact) mass is 346 g/mol.